The van der Waals surface area contributed by atoms with Gasteiger partial charge >= 0.3 is 0 Å². The molecular formula is C18H19N3O2. The molecule has 5 heteroatoms. The summed E-state index contributed by atoms with van der Waals surface area (Å²) in [6.07, 6.45) is 0.170. The molecule has 1 aromatic heterocycles. The molecule has 118 valence electrons. The average Bonchev–Trinajstić information content (AvgIpc) is 3.04. The van der Waals surface area contributed by atoms with Crippen molar-refractivity contribution < 1.29 is 9.15 Å². The predicted molar refractivity (Wildman–Crippen MR) is 89.3 cm³/mol. The van der Waals surface area contributed by atoms with E-state index in [9.17, 15) is 0 Å². The summed E-state index contributed by atoms with van der Waals surface area (Å²) in [5.74, 6) is 1.93. The second-order valence-electron chi connectivity index (χ2n) is 5.41. The molecule has 0 atom stereocenters. The lowest BCUT2D eigenvalue weighted by Crippen LogP contribution is -2.05. The van der Waals surface area contributed by atoms with Crippen molar-refractivity contribution in [2.45, 2.75) is 26.5 Å². The fraction of sp³-hybridized carbons (Fsp3) is 0.222. The maximum Gasteiger partial charge on any atom is 0.247 e. The van der Waals surface area contributed by atoms with Gasteiger partial charge in [-0.1, -0.05) is 18.2 Å². The average molecular weight is 309 g/mol. The monoisotopic (exact) mass is 309 g/mol. The molecule has 5 nitrogen and oxygen atoms in total. The molecule has 1 heterocycles. The summed E-state index contributed by atoms with van der Waals surface area (Å²) >= 11 is 0. The first kappa shape index (κ1) is 15.1. The molecule has 3 aromatic rings. The normalized spacial score (nSPS) is 10.7. The zero-order chi connectivity index (χ0) is 16.1. The van der Waals surface area contributed by atoms with Crippen molar-refractivity contribution in [3.8, 4) is 17.2 Å². The maximum atomic E-state index is 5.66. The highest BCUT2D eigenvalue weighted by molar-refractivity contribution is 5.52. The molecule has 0 saturated carbocycles. The lowest BCUT2D eigenvalue weighted by atomic mass is 10.2. The van der Waals surface area contributed by atoms with Crippen LogP contribution in [0.15, 0.2) is 59.0 Å². The number of rotatable bonds is 6. The van der Waals surface area contributed by atoms with Crippen molar-refractivity contribution in [1.29, 1.82) is 0 Å². The van der Waals surface area contributed by atoms with E-state index in [1.807, 2.05) is 68.4 Å². The molecule has 0 aliphatic rings. The quantitative estimate of drug-likeness (QED) is 0.741. The topological polar surface area (TPSA) is 60.2 Å². The number of anilines is 1. The molecule has 0 radical (unpaired) electrons. The van der Waals surface area contributed by atoms with Gasteiger partial charge < -0.3 is 14.5 Å². The van der Waals surface area contributed by atoms with Gasteiger partial charge in [-0.25, -0.2) is 0 Å². The van der Waals surface area contributed by atoms with E-state index in [4.69, 9.17) is 9.15 Å². The van der Waals surface area contributed by atoms with Gasteiger partial charge in [-0.15, -0.1) is 10.2 Å². The van der Waals surface area contributed by atoms with Crippen LogP contribution in [0.5, 0.6) is 5.75 Å². The Morgan fingerprint density at radius 3 is 2.43 bits per heavy atom. The second-order valence-corrected chi connectivity index (χ2v) is 5.41. The number of hydrogen-bond donors (Lipinski definition) is 1. The molecule has 0 saturated heterocycles. The van der Waals surface area contributed by atoms with Gasteiger partial charge in [-0.3, -0.25) is 0 Å². The van der Waals surface area contributed by atoms with E-state index in [-0.39, 0.29) is 6.10 Å². The molecule has 0 unspecified atom stereocenters. The van der Waals surface area contributed by atoms with Crippen molar-refractivity contribution in [2.75, 3.05) is 5.32 Å². The van der Waals surface area contributed by atoms with Crippen LogP contribution in [0.25, 0.3) is 11.5 Å². The number of aromatic nitrogens is 2. The minimum absolute atomic E-state index is 0.170. The Morgan fingerprint density at radius 2 is 1.74 bits per heavy atom. The molecule has 0 aliphatic heterocycles. The Labute approximate surface area is 135 Å². The minimum Gasteiger partial charge on any atom is -0.491 e. The molecule has 1 N–H and O–H groups in total. The van der Waals surface area contributed by atoms with Gasteiger partial charge in [0.15, 0.2) is 0 Å². The van der Waals surface area contributed by atoms with Gasteiger partial charge in [0.25, 0.3) is 0 Å². The summed E-state index contributed by atoms with van der Waals surface area (Å²) in [5.41, 5.74) is 1.89. The first-order chi connectivity index (χ1) is 11.2. The predicted octanol–water partition coefficient (Wildman–Crippen LogP) is 4.14. The van der Waals surface area contributed by atoms with Gasteiger partial charge in [0.2, 0.25) is 11.8 Å². The summed E-state index contributed by atoms with van der Waals surface area (Å²) in [4.78, 5) is 0. The van der Waals surface area contributed by atoms with Gasteiger partial charge in [-0.05, 0) is 50.2 Å². The Kier molecular flexibility index (Phi) is 4.57. The van der Waals surface area contributed by atoms with Crippen LogP contribution >= 0.6 is 0 Å². The third kappa shape index (κ3) is 4.10. The molecule has 23 heavy (non-hydrogen) atoms. The van der Waals surface area contributed by atoms with E-state index in [0.717, 1.165) is 17.0 Å². The van der Waals surface area contributed by atoms with Crippen LogP contribution < -0.4 is 10.1 Å². The molecule has 0 aliphatic carbocycles. The smallest absolute Gasteiger partial charge is 0.247 e. The summed E-state index contributed by atoms with van der Waals surface area (Å²) in [6.45, 7) is 4.49. The third-order valence-corrected chi connectivity index (χ3v) is 3.16. The molecule has 0 fully saturated rings. The van der Waals surface area contributed by atoms with Crippen molar-refractivity contribution in [1.82, 2.24) is 10.2 Å². The van der Waals surface area contributed by atoms with Gasteiger partial charge in [0.1, 0.15) is 5.75 Å². The number of nitrogens with one attached hydrogen (secondary N) is 1. The van der Waals surface area contributed by atoms with Crippen LogP contribution in [0.2, 0.25) is 0 Å². The van der Waals surface area contributed by atoms with Crippen LogP contribution in [-0.2, 0) is 6.54 Å². The Balaban J connectivity index is 1.59. The number of benzene rings is 2. The Morgan fingerprint density at radius 1 is 1.00 bits per heavy atom. The van der Waals surface area contributed by atoms with Crippen molar-refractivity contribution in [3.05, 3.63) is 60.5 Å². The first-order valence-corrected chi connectivity index (χ1v) is 7.59. The molecule has 0 spiro atoms. The standard InChI is InChI=1S/C18H19N3O2/c1-13(2)22-16-10-8-15(9-11-16)19-12-17-20-21-18(23-17)14-6-4-3-5-7-14/h3-11,13,19H,12H2,1-2H3. The van der Waals surface area contributed by atoms with Crippen LogP contribution in [-0.4, -0.2) is 16.3 Å². The van der Waals surface area contributed by atoms with E-state index < -0.39 is 0 Å². The van der Waals surface area contributed by atoms with E-state index in [1.165, 1.54) is 0 Å². The molecule has 0 bridgehead atoms. The van der Waals surface area contributed by atoms with E-state index >= 15 is 0 Å². The van der Waals surface area contributed by atoms with Gasteiger partial charge in [0, 0.05) is 11.3 Å². The van der Waals surface area contributed by atoms with Crippen molar-refractivity contribution in [2.24, 2.45) is 0 Å². The SMILES string of the molecule is CC(C)Oc1ccc(NCc2nnc(-c3ccccc3)o2)cc1. The van der Waals surface area contributed by atoms with Crippen LogP contribution in [0.4, 0.5) is 5.69 Å². The fourth-order valence-corrected chi connectivity index (χ4v) is 2.12. The number of nitrogens with zero attached hydrogens (tertiary/aromatic N) is 2. The minimum atomic E-state index is 0.170. The van der Waals surface area contributed by atoms with Crippen molar-refractivity contribution in [3.63, 3.8) is 0 Å². The van der Waals surface area contributed by atoms with Crippen molar-refractivity contribution >= 4 is 5.69 Å². The van der Waals surface area contributed by atoms with Gasteiger partial charge in [0.05, 0.1) is 12.6 Å². The highest BCUT2D eigenvalue weighted by atomic mass is 16.5. The van der Waals surface area contributed by atoms with Crippen LogP contribution in [0.3, 0.4) is 0 Å². The fourth-order valence-electron chi connectivity index (χ4n) is 2.12. The summed E-state index contributed by atoms with van der Waals surface area (Å²) in [7, 11) is 0. The largest absolute Gasteiger partial charge is 0.491 e. The first-order valence-electron chi connectivity index (χ1n) is 7.59. The summed E-state index contributed by atoms with van der Waals surface area (Å²) in [6, 6.07) is 17.5. The number of ether oxygens (including phenoxy) is 1. The second kappa shape index (κ2) is 6.96. The molecule has 2 aromatic carbocycles. The zero-order valence-electron chi connectivity index (χ0n) is 13.2. The van der Waals surface area contributed by atoms with Crippen LogP contribution in [0, 0.1) is 0 Å². The van der Waals surface area contributed by atoms with E-state index in [1.54, 1.807) is 0 Å². The zero-order valence-corrected chi connectivity index (χ0v) is 13.2. The van der Waals surface area contributed by atoms with E-state index in [0.29, 0.717) is 18.3 Å². The molecular weight excluding hydrogens is 290 g/mol. The molecule has 0 amide bonds. The third-order valence-electron chi connectivity index (χ3n) is 3.16. The van der Waals surface area contributed by atoms with Gasteiger partial charge in [-0.2, -0.15) is 0 Å². The highest BCUT2D eigenvalue weighted by Gasteiger charge is 2.07. The van der Waals surface area contributed by atoms with E-state index in [2.05, 4.69) is 15.5 Å². The molecule has 3 rings (SSSR count). The maximum absolute atomic E-state index is 5.66. The summed E-state index contributed by atoms with van der Waals surface area (Å²) < 4.78 is 11.3. The Hall–Kier alpha value is -2.82. The highest BCUT2D eigenvalue weighted by Crippen LogP contribution is 2.19. The van der Waals surface area contributed by atoms with Crippen LogP contribution in [0.1, 0.15) is 19.7 Å². The lowest BCUT2D eigenvalue weighted by molar-refractivity contribution is 0.242. The number of hydrogen-bond acceptors (Lipinski definition) is 5. The Bertz CT molecular complexity index is 736. The summed E-state index contributed by atoms with van der Waals surface area (Å²) in [5, 5.41) is 11.4. The lowest BCUT2D eigenvalue weighted by Gasteiger charge is -2.10.